The molecule has 0 atom stereocenters. The van der Waals surface area contributed by atoms with Gasteiger partial charge in [0.2, 0.25) is 0 Å². The number of hydrogen-bond donors (Lipinski definition) is 0. The van der Waals surface area contributed by atoms with Crippen LogP contribution in [0, 0.1) is 0 Å². The molecule has 0 aliphatic carbocycles. The van der Waals surface area contributed by atoms with Crippen LogP contribution < -0.4 is 0 Å². The van der Waals surface area contributed by atoms with Crippen molar-refractivity contribution in [1.82, 2.24) is 0 Å². The molecule has 0 aromatic carbocycles. The molecule has 0 nitrogen and oxygen atoms in total. The molecule has 7 heteroatoms. The van der Waals surface area contributed by atoms with Gasteiger partial charge in [-0.25, -0.2) is 0 Å². The normalized spacial score (nSPS) is 0. The summed E-state index contributed by atoms with van der Waals surface area (Å²) in [6.07, 6.45) is 0. The zero-order valence-corrected chi connectivity index (χ0v) is 11.4. The molecule has 0 aliphatic heterocycles. The minimum Gasteiger partial charge on any atom is 0 e. The second kappa shape index (κ2) is 53.2. The van der Waals surface area contributed by atoms with Gasteiger partial charge < -0.3 is 0 Å². The minimum atomic E-state index is 0. The Bertz CT molecular complexity index is 19.7. The van der Waals surface area contributed by atoms with Gasteiger partial charge in [-0.15, -0.1) is 0 Å². The zero-order valence-electron chi connectivity index (χ0n) is 2.36. The Hall–Kier alpha value is 3.74. The van der Waals surface area contributed by atoms with Crippen molar-refractivity contribution in [2.24, 2.45) is 0 Å². The molecule has 0 saturated heterocycles. The van der Waals surface area contributed by atoms with Gasteiger partial charge in [0.15, 0.2) is 0 Å². The Kier molecular flexibility index (Phi) is 553. The van der Waals surface area contributed by atoms with Gasteiger partial charge in [0.1, 0.15) is 0 Å². The Morgan fingerprint density at radius 1 is 1.00 bits per heavy atom. The fraction of sp³-hybridized carbons (Fsp3) is 0. The topological polar surface area (TPSA) is 0 Å². The second-order valence-electron chi connectivity index (χ2n) is 0. The van der Waals surface area contributed by atoms with Gasteiger partial charge in [0.05, 0.1) is 8.41 Å². The SMILES string of the molecule is B.[Co].[Cr].[Fe].[Nb].[Ni].[Zr]. The molecule has 0 rings (SSSR count). The van der Waals surface area contributed by atoms with Crippen molar-refractivity contribution in [1.29, 1.82) is 0 Å². The molecule has 0 spiro atoms. The summed E-state index contributed by atoms with van der Waals surface area (Å²) >= 11 is 0. The van der Waals surface area contributed by atoms with Crippen LogP contribution in [0.5, 0.6) is 0 Å². The van der Waals surface area contributed by atoms with Crippen molar-refractivity contribution in [2.45, 2.75) is 0 Å². The fourth-order valence-electron chi connectivity index (χ4n) is 0. The summed E-state index contributed by atoms with van der Waals surface area (Å²) < 4.78 is 0. The Morgan fingerprint density at radius 3 is 1.00 bits per heavy atom. The quantitative estimate of drug-likeness (QED) is 0.430. The molecule has 0 aromatic rings. The van der Waals surface area contributed by atoms with E-state index in [0.717, 1.165) is 0 Å². The van der Waals surface area contributed by atoms with Gasteiger partial charge in [-0.3, -0.25) is 0 Å². The first kappa shape index (κ1) is 72.8. The van der Waals surface area contributed by atoms with E-state index in [9.17, 15) is 0 Å². The van der Waals surface area contributed by atoms with Gasteiger partial charge in [-0.05, 0) is 0 Å². The monoisotopic (exact) mass is 422 g/mol. The molecule has 48 valence electrons. The van der Waals surface area contributed by atoms with E-state index in [-0.39, 0.29) is 125 Å². The van der Waals surface area contributed by atoms with Crippen molar-refractivity contribution in [3.05, 3.63) is 0 Å². The molecular formula is H3BCoCrFeNbNiZr. The van der Waals surface area contributed by atoms with E-state index in [0.29, 0.717) is 0 Å². The maximum atomic E-state index is 0. The van der Waals surface area contributed by atoms with E-state index in [1.54, 1.807) is 0 Å². The summed E-state index contributed by atoms with van der Waals surface area (Å²) in [7, 11) is 0. The molecule has 0 unspecified atom stereocenters. The fourth-order valence-corrected chi connectivity index (χ4v) is 0. The van der Waals surface area contributed by atoms with Crippen molar-refractivity contribution < 1.29 is 116 Å². The minimum absolute atomic E-state index is 0. The van der Waals surface area contributed by atoms with Gasteiger partial charge in [0, 0.05) is 116 Å². The molecule has 0 bridgehead atoms. The van der Waals surface area contributed by atoms with Crippen LogP contribution in [0.4, 0.5) is 0 Å². The third-order valence-corrected chi connectivity index (χ3v) is 0. The van der Waals surface area contributed by atoms with Crippen LogP contribution in [0.3, 0.4) is 0 Å². The third kappa shape index (κ3) is 41.7. The van der Waals surface area contributed by atoms with Gasteiger partial charge in [0.25, 0.3) is 0 Å². The van der Waals surface area contributed by atoms with E-state index >= 15 is 0 Å². The smallest absolute Gasteiger partial charge is 0 e. The average Bonchev–Trinajstić information content (AvgIpc) is 0. The summed E-state index contributed by atoms with van der Waals surface area (Å²) in [6.45, 7) is 0. The number of rotatable bonds is 0. The van der Waals surface area contributed by atoms with E-state index in [1.807, 2.05) is 0 Å². The maximum absolute atomic E-state index is 0. The molecule has 0 saturated carbocycles. The molecule has 7 heavy (non-hydrogen) atoms. The number of hydrogen-bond acceptors (Lipinski definition) is 0. The molecule has 0 heterocycles. The zero-order chi connectivity index (χ0) is 0. The predicted molar refractivity (Wildman–Crippen MR) is 9.94 cm³/mol. The molecule has 0 aromatic heterocycles. The molecular weight excluding hydrogens is 420 g/mol. The van der Waals surface area contributed by atoms with Crippen molar-refractivity contribution in [3.8, 4) is 0 Å². The van der Waals surface area contributed by atoms with Crippen LogP contribution in [0.1, 0.15) is 0 Å². The Labute approximate surface area is 122 Å². The predicted octanol–water partition coefficient (Wildman–Crippen LogP) is -1.20. The maximum Gasteiger partial charge on any atom is 0.0814 e. The molecule has 0 amide bonds. The van der Waals surface area contributed by atoms with Crippen LogP contribution in [0.2, 0.25) is 0 Å². The first-order chi connectivity index (χ1) is 0. The standard InChI is InChI=1S/BH3.Co.Cr.Fe.Nb.Ni.Zr/h1H3;;;;;;. The summed E-state index contributed by atoms with van der Waals surface area (Å²) in [5, 5.41) is 0. The van der Waals surface area contributed by atoms with Crippen molar-refractivity contribution >= 4 is 8.41 Å². The van der Waals surface area contributed by atoms with Crippen LogP contribution in [0.25, 0.3) is 0 Å². The summed E-state index contributed by atoms with van der Waals surface area (Å²) in [6, 6.07) is 0. The molecule has 0 aliphatic rings. The van der Waals surface area contributed by atoms with Crippen molar-refractivity contribution in [2.75, 3.05) is 0 Å². The first-order valence-corrected chi connectivity index (χ1v) is 0. The second-order valence-corrected chi connectivity index (χ2v) is 0. The summed E-state index contributed by atoms with van der Waals surface area (Å²) in [5.74, 6) is 0. The van der Waals surface area contributed by atoms with E-state index in [2.05, 4.69) is 0 Å². The summed E-state index contributed by atoms with van der Waals surface area (Å²) in [4.78, 5) is 0. The van der Waals surface area contributed by atoms with Gasteiger partial charge >= 0.3 is 0 Å². The third-order valence-electron chi connectivity index (χ3n) is 0. The van der Waals surface area contributed by atoms with Crippen LogP contribution in [0.15, 0.2) is 0 Å². The van der Waals surface area contributed by atoms with Gasteiger partial charge in [-0.1, -0.05) is 0 Å². The van der Waals surface area contributed by atoms with Crippen molar-refractivity contribution in [3.63, 3.8) is 0 Å². The summed E-state index contributed by atoms with van der Waals surface area (Å²) in [5.41, 5.74) is 0. The van der Waals surface area contributed by atoms with E-state index in [4.69, 9.17) is 0 Å². The Balaban J connectivity index is 0. The van der Waals surface area contributed by atoms with Crippen LogP contribution >= 0.6 is 0 Å². The van der Waals surface area contributed by atoms with Gasteiger partial charge in [-0.2, -0.15) is 0 Å². The first-order valence-electron chi connectivity index (χ1n) is 0. The van der Waals surface area contributed by atoms with E-state index in [1.165, 1.54) is 0 Å². The molecule has 0 fully saturated rings. The van der Waals surface area contributed by atoms with Crippen LogP contribution in [-0.4, -0.2) is 8.41 Å². The molecule has 0 N–H and O–H groups in total. The largest absolute Gasteiger partial charge is 0.0814 e. The average molecular weight is 423 g/mol. The molecule has 2 radical (unpaired) electrons. The van der Waals surface area contributed by atoms with Crippen LogP contribution in [-0.2, 0) is 116 Å². The Morgan fingerprint density at radius 2 is 1.00 bits per heavy atom. The van der Waals surface area contributed by atoms with E-state index < -0.39 is 0 Å².